The molecule has 0 aliphatic heterocycles. The van der Waals surface area contributed by atoms with Crippen LogP contribution in [0.3, 0.4) is 0 Å². The molecule has 0 N–H and O–H groups in total. The molecule has 0 spiro atoms. The van der Waals surface area contributed by atoms with Crippen LogP contribution in [0.1, 0.15) is 0 Å². The quantitative estimate of drug-likeness (QED) is 0.231. The Bertz CT molecular complexity index is 170. The molecule has 0 rings (SSSR count). The van der Waals surface area contributed by atoms with E-state index in [2.05, 4.69) is 0 Å². The maximum Gasteiger partial charge on any atom is 3.00 e. The standard InChI is InChI=1S/Cr.Mn.12O.Sb.4Ti/q+3;+2;;;;;8*-1;+3;;;;. The first-order chi connectivity index (χ1) is 6.93. The van der Waals surface area contributed by atoms with Gasteiger partial charge in [-0.05, 0) is 0 Å². The second-order valence-electron chi connectivity index (χ2n) is 1.00. The normalized spacial score (nSPS) is 5.47. The van der Waals surface area contributed by atoms with Gasteiger partial charge >= 0.3 is 176 Å². The molecule has 0 aliphatic rings. The van der Waals surface area contributed by atoms with E-state index in [4.69, 9.17) is 42.8 Å². The fourth-order valence-corrected chi connectivity index (χ4v) is 0. The maximum absolute atomic E-state index is 8.58. The predicted octanol–water partition coefficient (Wildman–Crippen LogP) is -10.4. The minimum Gasteiger partial charge on any atom is 3.00 e. The Kier molecular flexibility index (Phi) is 85.9. The SMILES string of the molecule is [Cr+3].[Mn+2].[O]=[Ti]([O-])[O-].[O]=[Ti]([O-])[O-].[O]=[Ti]([O-])[O-].[O]=[Ti]([O-])[O-].[Sb+3]. The average molecular weight is 612 g/mol. The van der Waals surface area contributed by atoms with E-state index in [1.807, 2.05) is 0 Å². The molecule has 0 fully saturated rings. The van der Waals surface area contributed by atoms with Crippen molar-refractivity contribution in [1.29, 1.82) is 0 Å². The van der Waals surface area contributed by atoms with E-state index in [0.717, 1.165) is 0 Å². The first kappa shape index (κ1) is 43.3. The zero-order valence-corrected chi connectivity index (χ0v) is 19.4. The summed E-state index contributed by atoms with van der Waals surface area (Å²) >= 11 is -16.3. The van der Waals surface area contributed by atoms with Gasteiger partial charge < -0.3 is 0 Å². The molecule has 0 saturated carbocycles. The molecule has 4 radical (unpaired) electrons. The molecule has 12 nitrogen and oxygen atoms in total. The monoisotopic (exact) mass is 612 g/mol. The Morgan fingerprint density at radius 3 is 0.474 bits per heavy atom. The zero-order valence-electron chi connectivity index (χ0n) is 8.13. The summed E-state index contributed by atoms with van der Waals surface area (Å²) in [6, 6.07) is 0. The average Bonchev–Trinajstić information content (AvgIpc) is 1.76. The van der Waals surface area contributed by atoms with E-state index >= 15 is 0 Å². The van der Waals surface area contributed by atoms with Gasteiger partial charge in [0, 0.05) is 0 Å². The molecule has 0 aromatic rings. The van der Waals surface area contributed by atoms with Crippen molar-refractivity contribution in [3.63, 3.8) is 0 Å². The molecule has 0 unspecified atom stereocenters. The molecule has 0 atom stereocenters. The van der Waals surface area contributed by atoms with E-state index < -0.39 is 74.5 Å². The van der Waals surface area contributed by atoms with Gasteiger partial charge in [0.2, 0.25) is 0 Å². The van der Waals surface area contributed by atoms with Crippen LogP contribution >= 0.6 is 0 Å². The van der Waals surface area contributed by atoms with Crippen LogP contribution in [0.2, 0.25) is 0 Å². The first-order valence-corrected chi connectivity index (χ1v) is 10.1. The van der Waals surface area contributed by atoms with Gasteiger partial charge in [0.25, 0.3) is 0 Å². The second kappa shape index (κ2) is 37.7. The Labute approximate surface area is 173 Å². The molecule has 0 aliphatic carbocycles. The maximum atomic E-state index is 8.58. The summed E-state index contributed by atoms with van der Waals surface area (Å²) in [6.45, 7) is 0. The smallest absolute Gasteiger partial charge is 3.00 e. The first-order valence-electron chi connectivity index (χ1n) is 2.45. The van der Waals surface area contributed by atoms with Gasteiger partial charge in [0.15, 0.2) is 0 Å². The summed E-state index contributed by atoms with van der Waals surface area (Å²) in [5, 5.41) is 0. The molecule has 0 heterocycles. The van der Waals surface area contributed by atoms with E-state index in [1.54, 1.807) is 0 Å². The van der Waals surface area contributed by atoms with Gasteiger partial charge in [-0.2, -0.15) is 0 Å². The van der Waals surface area contributed by atoms with Crippen molar-refractivity contribution in [3.05, 3.63) is 0 Å². The van der Waals surface area contributed by atoms with Crippen molar-refractivity contribution in [2.75, 3.05) is 0 Å². The Morgan fingerprint density at radius 2 is 0.474 bits per heavy atom. The minimum absolute atomic E-state index is 0. The fourth-order valence-electron chi connectivity index (χ4n) is 0. The molecule has 0 bridgehead atoms. The van der Waals surface area contributed by atoms with Gasteiger partial charge in [-0.1, -0.05) is 0 Å². The molecular weight excluding hydrogens is 612 g/mol. The third-order valence-electron chi connectivity index (χ3n) is 0. The molecule has 0 aromatic carbocycles. The number of hydrogen-bond donors (Lipinski definition) is 0. The van der Waals surface area contributed by atoms with E-state index in [9.17, 15) is 0 Å². The fraction of sp³-hybridized carbons (Fsp3) is 0. The van der Waals surface area contributed by atoms with Gasteiger partial charge in [-0.25, -0.2) is 0 Å². The molecule has 0 aromatic heterocycles. The van der Waals surface area contributed by atoms with Crippen LogP contribution in [0.25, 0.3) is 0 Å². The van der Waals surface area contributed by atoms with E-state index in [0.29, 0.717) is 0 Å². The van der Waals surface area contributed by atoms with Crippen LogP contribution in [0.15, 0.2) is 0 Å². The third kappa shape index (κ3) is 638. The Morgan fingerprint density at radius 1 is 0.474 bits per heavy atom. The predicted molar refractivity (Wildman–Crippen MR) is 8.50 cm³/mol. The summed E-state index contributed by atoms with van der Waals surface area (Å²) in [5.41, 5.74) is 0. The number of rotatable bonds is 0. The topological polar surface area (TPSA) is 253 Å². The van der Waals surface area contributed by atoms with Crippen LogP contribution in [-0.4, -0.2) is 24.4 Å². The van der Waals surface area contributed by atoms with E-state index in [1.165, 1.54) is 0 Å². The van der Waals surface area contributed by atoms with E-state index in [-0.39, 0.29) is 58.9 Å². The van der Waals surface area contributed by atoms with Crippen LogP contribution in [0.4, 0.5) is 0 Å². The van der Waals surface area contributed by atoms with Gasteiger partial charge in [0.1, 0.15) is 0 Å². The van der Waals surface area contributed by atoms with Crippen molar-refractivity contribution in [2.45, 2.75) is 0 Å². The van der Waals surface area contributed by atoms with Crippen LogP contribution < -0.4 is 29.5 Å². The van der Waals surface area contributed by atoms with Crippen LogP contribution in [0, 0.1) is 0 Å². The molecule has 19 heavy (non-hydrogen) atoms. The third-order valence-corrected chi connectivity index (χ3v) is 0. The summed E-state index contributed by atoms with van der Waals surface area (Å²) in [5.74, 6) is 0. The molecule has 19 heteroatoms. The van der Waals surface area contributed by atoms with Gasteiger partial charge in [-0.3, -0.25) is 0 Å². The second-order valence-corrected chi connectivity index (χ2v) is 4.12. The van der Waals surface area contributed by atoms with Crippen molar-refractivity contribution in [3.8, 4) is 0 Å². The Hall–Kier alpha value is 3.61. The molecule has 0 saturated heterocycles. The molecule has 106 valence electrons. The Balaban J connectivity index is -0.0000000192. The summed E-state index contributed by atoms with van der Waals surface area (Å²) in [7, 11) is 0. The summed E-state index contributed by atoms with van der Waals surface area (Å²) in [4.78, 5) is 0. The summed E-state index contributed by atoms with van der Waals surface area (Å²) in [6.07, 6.45) is 0. The minimum atomic E-state index is -4.08. The summed E-state index contributed by atoms with van der Waals surface area (Å²) < 4.78 is 103. The molecular formula is CrMnO12SbTi4. The van der Waals surface area contributed by atoms with Gasteiger partial charge in [-0.15, -0.1) is 0 Å². The van der Waals surface area contributed by atoms with Gasteiger partial charge in [0.05, 0.1) is 0 Å². The van der Waals surface area contributed by atoms with Crippen LogP contribution in [-0.2, 0) is 122 Å². The van der Waals surface area contributed by atoms with Crippen molar-refractivity contribution in [2.24, 2.45) is 0 Å². The number of hydrogen-bond acceptors (Lipinski definition) is 12. The molecule has 0 amide bonds. The van der Waals surface area contributed by atoms with Crippen molar-refractivity contribution >= 4 is 24.4 Å². The largest absolute Gasteiger partial charge is 3.00 e. The zero-order chi connectivity index (χ0) is 14.3. The van der Waals surface area contributed by atoms with Crippen molar-refractivity contribution < 1.29 is 152 Å². The van der Waals surface area contributed by atoms with Crippen molar-refractivity contribution in [1.82, 2.24) is 0 Å². The van der Waals surface area contributed by atoms with Crippen LogP contribution in [0.5, 0.6) is 0 Å².